The third kappa shape index (κ3) is 1.80. The van der Waals surface area contributed by atoms with Gasteiger partial charge in [-0.25, -0.2) is 4.79 Å². The lowest BCUT2D eigenvalue weighted by Crippen LogP contribution is -1.96. The zero-order valence-corrected chi connectivity index (χ0v) is 10.6. The smallest absolute Gasteiger partial charge is 0.348 e. The third-order valence-corrected chi connectivity index (χ3v) is 3.84. The first-order chi connectivity index (χ1) is 8.78. The van der Waals surface area contributed by atoms with E-state index in [0.717, 1.165) is 21.5 Å². The van der Waals surface area contributed by atoms with Gasteiger partial charge in [0, 0.05) is 5.69 Å². The number of esters is 1. The fraction of sp³-hybridized carbons (Fsp3) is 0.0714. The normalized spacial score (nSPS) is 10.7. The summed E-state index contributed by atoms with van der Waals surface area (Å²) in [6.07, 6.45) is 0. The van der Waals surface area contributed by atoms with Gasteiger partial charge in [0.1, 0.15) is 4.88 Å². The monoisotopic (exact) mass is 257 g/mol. The van der Waals surface area contributed by atoms with E-state index in [1.807, 2.05) is 24.3 Å². The lowest BCUT2D eigenvalue weighted by molar-refractivity contribution is 0.0606. The van der Waals surface area contributed by atoms with E-state index >= 15 is 0 Å². The Bertz CT molecular complexity index is 665. The van der Waals surface area contributed by atoms with Crippen LogP contribution in [0.4, 0.5) is 0 Å². The predicted octanol–water partition coefficient (Wildman–Crippen LogP) is 3.68. The molecule has 1 N–H and O–H groups in total. The summed E-state index contributed by atoms with van der Waals surface area (Å²) < 4.78 is 5.77. The molecular formula is C14H11NO2S. The molecule has 0 fully saturated rings. The van der Waals surface area contributed by atoms with Crippen molar-refractivity contribution in [2.45, 2.75) is 0 Å². The summed E-state index contributed by atoms with van der Waals surface area (Å²) in [6, 6.07) is 14.0. The van der Waals surface area contributed by atoms with Crippen molar-refractivity contribution < 1.29 is 9.53 Å². The molecule has 2 aromatic heterocycles. The molecule has 0 aliphatic heterocycles. The number of thiophene rings is 1. The topological polar surface area (TPSA) is 42.1 Å². The number of ether oxygens (including phenoxy) is 1. The summed E-state index contributed by atoms with van der Waals surface area (Å²) in [5.74, 6) is -0.286. The number of hydrogen-bond donors (Lipinski definition) is 1. The fourth-order valence-corrected chi connectivity index (χ4v) is 2.87. The highest BCUT2D eigenvalue weighted by Crippen LogP contribution is 2.30. The number of aromatic amines is 1. The van der Waals surface area contributed by atoms with Gasteiger partial charge in [0.25, 0.3) is 0 Å². The SMILES string of the molecule is COC(=O)c1cc2[nH]c(-c3ccccc3)cc2s1. The van der Waals surface area contributed by atoms with Crippen molar-refractivity contribution in [2.75, 3.05) is 7.11 Å². The van der Waals surface area contributed by atoms with Crippen LogP contribution in [0, 0.1) is 0 Å². The Kier molecular flexibility index (Phi) is 2.64. The van der Waals surface area contributed by atoms with E-state index in [9.17, 15) is 4.79 Å². The Hall–Kier alpha value is -2.07. The number of carbonyl (C=O) groups is 1. The third-order valence-electron chi connectivity index (χ3n) is 2.78. The molecule has 3 rings (SSSR count). The molecule has 18 heavy (non-hydrogen) atoms. The minimum atomic E-state index is -0.286. The fourth-order valence-electron chi connectivity index (χ4n) is 1.90. The van der Waals surface area contributed by atoms with Gasteiger partial charge in [0.05, 0.1) is 17.3 Å². The average molecular weight is 257 g/mol. The first kappa shape index (κ1) is 11.0. The molecule has 0 spiro atoms. The van der Waals surface area contributed by atoms with Crippen molar-refractivity contribution in [2.24, 2.45) is 0 Å². The van der Waals surface area contributed by atoms with Crippen LogP contribution in [-0.4, -0.2) is 18.1 Å². The standard InChI is InChI=1S/C14H11NO2S/c1-17-14(16)13-8-11-12(18-13)7-10(15-11)9-5-3-2-4-6-9/h2-8,15H,1H3. The van der Waals surface area contributed by atoms with Crippen LogP contribution < -0.4 is 0 Å². The molecule has 90 valence electrons. The minimum Gasteiger partial charge on any atom is -0.465 e. The molecule has 2 heterocycles. The molecule has 0 saturated carbocycles. The molecule has 0 aliphatic carbocycles. The number of rotatable bonds is 2. The summed E-state index contributed by atoms with van der Waals surface area (Å²) >= 11 is 1.44. The molecule has 1 aromatic carbocycles. The van der Waals surface area contributed by atoms with Crippen molar-refractivity contribution in [3.8, 4) is 11.3 Å². The molecule has 3 aromatic rings. The molecule has 0 amide bonds. The second-order valence-electron chi connectivity index (χ2n) is 3.93. The number of methoxy groups -OCH3 is 1. The minimum absolute atomic E-state index is 0.286. The Labute approximate surface area is 108 Å². The number of aromatic nitrogens is 1. The highest BCUT2D eigenvalue weighted by Gasteiger charge is 2.12. The van der Waals surface area contributed by atoms with E-state index in [1.54, 1.807) is 0 Å². The first-order valence-electron chi connectivity index (χ1n) is 5.54. The van der Waals surface area contributed by atoms with Crippen molar-refractivity contribution in [1.82, 2.24) is 4.98 Å². The Balaban J connectivity index is 2.04. The van der Waals surface area contributed by atoms with Gasteiger partial charge >= 0.3 is 5.97 Å². The number of H-pyrrole nitrogens is 1. The number of nitrogens with one attached hydrogen (secondary N) is 1. The van der Waals surface area contributed by atoms with E-state index in [2.05, 4.69) is 23.2 Å². The summed E-state index contributed by atoms with van der Waals surface area (Å²) in [4.78, 5) is 15.3. The summed E-state index contributed by atoms with van der Waals surface area (Å²) in [7, 11) is 1.39. The van der Waals surface area contributed by atoms with Crippen LogP contribution in [0.25, 0.3) is 21.5 Å². The average Bonchev–Trinajstić information content (AvgIpc) is 2.97. The van der Waals surface area contributed by atoms with Crippen molar-refractivity contribution in [1.29, 1.82) is 0 Å². The molecule has 3 nitrogen and oxygen atoms in total. The van der Waals surface area contributed by atoms with E-state index in [-0.39, 0.29) is 5.97 Å². The number of benzene rings is 1. The molecule has 0 aliphatic rings. The van der Waals surface area contributed by atoms with E-state index in [0.29, 0.717) is 4.88 Å². The van der Waals surface area contributed by atoms with E-state index in [1.165, 1.54) is 18.4 Å². The van der Waals surface area contributed by atoms with Crippen LogP contribution >= 0.6 is 11.3 Å². The Morgan fingerprint density at radius 1 is 1.22 bits per heavy atom. The molecular weight excluding hydrogens is 246 g/mol. The van der Waals surface area contributed by atoms with Gasteiger partial charge in [-0.2, -0.15) is 0 Å². The molecule has 0 radical (unpaired) electrons. The van der Waals surface area contributed by atoms with Gasteiger partial charge in [0.2, 0.25) is 0 Å². The lowest BCUT2D eigenvalue weighted by Gasteiger charge is -1.96. The Morgan fingerprint density at radius 3 is 2.67 bits per heavy atom. The maximum Gasteiger partial charge on any atom is 0.348 e. The predicted molar refractivity (Wildman–Crippen MR) is 73.0 cm³/mol. The van der Waals surface area contributed by atoms with Gasteiger partial charge in [-0.1, -0.05) is 30.3 Å². The maximum atomic E-state index is 11.4. The van der Waals surface area contributed by atoms with Gasteiger partial charge in [-0.05, 0) is 17.7 Å². The van der Waals surface area contributed by atoms with Crippen LogP contribution in [-0.2, 0) is 4.74 Å². The summed E-state index contributed by atoms with van der Waals surface area (Å²) in [6.45, 7) is 0. The van der Waals surface area contributed by atoms with Gasteiger partial charge in [-0.15, -0.1) is 11.3 Å². The van der Waals surface area contributed by atoms with Crippen LogP contribution in [0.3, 0.4) is 0 Å². The summed E-state index contributed by atoms with van der Waals surface area (Å²) in [5.41, 5.74) is 3.17. The zero-order chi connectivity index (χ0) is 12.5. The van der Waals surface area contributed by atoms with Crippen LogP contribution in [0.1, 0.15) is 9.67 Å². The van der Waals surface area contributed by atoms with E-state index < -0.39 is 0 Å². The summed E-state index contributed by atoms with van der Waals surface area (Å²) in [5, 5.41) is 0. The van der Waals surface area contributed by atoms with Crippen molar-refractivity contribution >= 4 is 27.5 Å². The molecule has 4 heteroatoms. The molecule has 0 atom stereocenters. The highest BCUT2D eigenvalue weighted by molar-refractivity contribution is 7.20. The highest BCUT2D eigenvalue weighted by atomic mass is 32.1. The van der Waals surface area contributed by atoms with Gasteiger partial charge in [-0.3, -0.25) is 0 Å². The molecule has 0 saturated heterocycles. The maximum absolute atomic E-state index is 11.4. The van der Waals surface area contributed by atoms with Crippen molar-refractivity contribution in [3.05, 3.63) is 47.3 Å². The largest absolute Gasteiger partial charge is 0.465 e. The first-order valence-corrected chi connectivity index (χ1v) is 6.36. The van der Waals surface area contributed by atoms with Crippen molar-refractivity contribution in [3.63, 3.8) is 0 Å². The Morgan fingerprint density at radius 2 is 2.00 bits per heavy atom. The quantitative estimate of drug-likeness (QED) is 0.711. The van der Waals surface area contributed by atoms with Crippen LogP contribution in [0.5, 0.6) is 0 Å². The second-order valence-corrected chi connectivity index (χ2v) is 5.01. The van der Waals surface area contributed by atoms with E-state index in [4.69, 9.17) is 4.74 Å². The number of carbonyl (C=O) groups excluding carboxylic acids is 1. The van der Waals surface area contributed by atoms with Crippen LogP contribution in [0.15, 0.2) is 42.5 Å². The number of fused-ring (bicyclic) bond motifs is 1. The molecule has 0 unspecified atom stereocenters. The second kappa shape index (κ2) is 4.31. The molecule has 0 bridgehead atoms. The van der Waals surface area contributed by atoms with Gasteiger partial charge < -0.3 is 9.72 Å². The lowest BCUT2D eigenvalue weighted by atomic mass is 10.2. The van der Waals surface area contributed by atoms with Crippen LogP contribution in [0.2, 0.25) is 0 Å². The number of hydrogen-bond acceptors (Lipinski definition) is 3. The van der Waals surface area contributed by atoms with Gasteiger partial charge in [0.15, 0.2) is 0 Å². The zero-order valence-electron chi connectivity index (χ0n) is 9.77.